The Balaban J connectivity index is 2.38. The van der Waals surface area contributed by atoms with Crippen LogP contribution in [0.2, 0.25) is 0 Å². The summed E-state index contributed by atoms with van der Waals surface area (Å²) in [5.41, 5.74) is 5.59. The van der Waals surface area contributed by atoms with Crippen molar-refractivity contribution in [2.75, 3.05) is 11.9 Å². The molecule has 0 aliphatic heterocycles. The second-order valence-electron chi connectivity index (χ2n) is 3.43. The van der Waals surface area contributed by atoms with E-state index in [0.29, 0.717) is 31.3 Å². The molecular formula is C10H17N7. The summed E-state index contributed by atoms with van der Waals surface area (Å²) in [6.45, 7) is 3.23. The molecule has 0 atom stereocenters. The summed E-state index contributed by atoms with van der Waals surface area (Å²) in [4.78, 5) is 5.57. The van der Waals surface area contributed by atoms with Crippen LogP contribution in [0.4, 0.5) is 5.82 Å². The quantitative estimate of drug-likeness (QED) is 0.429. The van der Waals surface area contributed by atoms with Crippen molar-refractivity contribution in [2.24, 2.45) is 10.7 Å². The largest absolute Gasteiger partial charge is 0.370 e. The lowest BCUT2D eigenvalue weighted by molar-refractivity contribution is 0.503. The van der Waals surface area contributed by atoms with Crippen molar-refractivity contribution in [1.29, 1.82) is 5.26 Å². The second kappa shape index (κ2) is 7.22. The third-order valence-electron chi connectivity index (χ3n) is 2.02. The molecule has 7 nitrogen and oxygen atoms in total. The number of nitrogens with zero attached hydrogens (tertiary/aromatic N) is 5. The molecule has 1 heterocycles. The Labute approximate surface area is 100 Å². The smallest absolute Gasteiger partial charge is 0.194 e. The molecule has 0 radical (unpaired) electrons. The van der Waals surface area contributed by atoms with Crippen LogP contribution in [0.15, 0.2) is 11.2 Å². The van der Waals surface area contributed by atoms with Crippen molar-refractivity contribution in [3.63, 3.8) is 0 Å². The molecule has 0 aromatic carbocycles. The van der Waals surface area contributed by atoms with E-state index >= 15 is 0 Å². The monoisotopic (exact) mass is 235 g/mol. The van der Waals surface area contributed by atoms with Crippen LogP contribution in [0.1, 0.15) is 26.2 Å². The van der Waals surface area contributed by atoms with Crippen molar-refractivity contribution in [1.82, 2.24) is 15.0 Å². The number of guanidine groups is 1. The minimum absolute atomic E-state index is 0.337. The molecule has 1 rings (SSSR count). The highest BCUT2D eigenvalue weighted by Crippen LogP contribution is 2.01. The van der Waals surface area contributed by atoms with Gasteiger partial charge >= 0.3 is 0 Å². The van der Waals surface area contributed by atoms with Crippen molar-refractivity contribution in [3.05, 3.63) is 6.20 Å². The van der Waals surface area contributed by atoms with Crippen LogP contribution < -0.4 is 11.1 Å². The van der Waals surface area contributed by atoms with Gasteiger partial charge in [-0.05, 0) is 19.8 Å². The first-order chi connectivity index (χ1) is 8.26. The van der Waals surface area contributed by atoms with Gasteiger partial charge in [0.1, 0.15) is 0 Å². The van der Waals surface area contributed by atoms with Gasteiger partial charge in [-0.2, -0.15) is 15.2 Å². The number of aromatic nitrogens is 3. The summed E-state index contributed by atoms with van der Waals surface area (Å²) in [5.74, 6) is 0.920. The first-order valence-corrected chi connectivity index (χ1v) is 5.60. The number of aryl methyl sites for hydroxylation is 1. The van der Waals surface area contributed by atoms with Crippen LogP contribution in [0.5, 0.6) is 0 Å². The highest BCUT2D eigenvalue weighted by atomic mass is 15.5. The summed E-state index contributed by atoms with van der Waals surface area (Å²) < 4.78 is 0. The Morgan fingerprint density at radius 3 is 3.18 bits per heavy atom. The molecule has 0 aliphatic carbocycles. The highest BCUT2D eigenvalue weighted by Gasteiger charge is 2.01. The molecule has 7 heteroatoms. The van der Waals surface area contributed by atoms with Crippen molar-refractivity contribution >= 4 is 11.8 Å². The Morgan fingerprint density at radius 1 is 1.65 bits per heavy atom. The average Bonchev–Trinajstić information content (AvgIpc) is 2.72. The molecule has 3 N–H and O–H groups in total. The Bertz CT molecular complexity index is 401. The Kier molecular flexibility index (Phi) is 5.51. The predicted molar refractivity (Wildman–Crippen MR) is 65.3 cm³/mol. The van der Waals surface area contributed by atoms with Gasteiger partial charge in [0.25, 0.3) is 0 Å². The molecule has 1 aromatic rings. The maximum atomic E-state index is 8.39. The molecule has 1 aromatic heterocycles. The predicted octanol–water partition coefficient (Wildman–Crippen LogP) is 0.718. The minimum atomic E-state index is 0.337. The van der Waals surface area contributed by atoms with Crippen LogP contribution in [0.25, 0.3) is 0 Å². The fourth-order valence-corrected chi connectivity index (χ4v) is 1.26. The lowest BCUT2D eigenvalue weighted by Gasteiger charge is -2.00. The molecule has 0 amide bonds. The third kappa shape index (κ3) is 4.97. The van der Waals surface area contributed by atoms with Gasteiger partial charge in [0.2, 0.25) is 0 Å². The molecule has 17 heavy (non-hydrogen) atoms. The molecule has 0 aliphatic rings. The summed E-state index contributed by atoms with van der Waals surface area (Å²) in [6, 6.07) is 2.10. The van der Waals surface area contributed by atoms with Crippen LogP contribution in [-0.4, -0.2) is 27.5 Å². The maximum Gasteiger partial charge on any atom is 0.194 e. The van der Waals surface area contributed by atoms with E-state index in [1.54, 1.807) is 11.0 Å². The molecule has 0 bridgehead atoms. The minimum Gasteiger partial charge on any atom is -0.370 e. The lowest BCUT2D eigenvalue weighted by atomic mass is 10.2. The number of unbranched alkanes of at least 4 members (excludes halogenated alkanes) is 2. The lowest BCUT2D eigenvalue weighted by Crippen LogP contribution is -2.23. The molecular weight excluding hydrogens is 218 g/mol. The first kappa shape index (κ1) is 13.0. The average molecular weight is 235 g/mol. The number of rotatable bonds is 6. The standard InChI is InChI=1S/C10H17N7/c1-2-13-10(12)15-9-8-14-17(16-9)7-5-3-4-6-11/h8H,2-5,7H2,1H3,(H3,12,13,15,16). The topological polar surface area (TPSA) is 105 Å². The highest BCUT2D eigenvalue weighted by molar-refractivity contribution is 5.91. The summed E-state index contributed by atoms with van der Waals surface area (Å²) in [7, 11) is 0. The van der Waals surface area contributed by atoms with Gasteiger partial charge in [0.15, 0.2) is 11.8 Å². The van der Waals surface area contributed by atoms with Gasteiger partial charge in [-0.15, -0.1) is 5.10 Å². The van der Waals surface area contributed by atoms with E-state index in [-0.39, 0.29) is 0 Å². The zero-order chi connectivity index (χ0) is 12.5. The van der Waals surface area contributed by atoms with Gasteiger partial charge in [0, 0.05) is 13.0 Å². The van der Waals surface area contributed by atoms with Gasteiger partial charge in [-0.25, -0.2) is 0 Å². The fourth-order valence-electron chi connectivity index (χ4n) is 1.26. The molecule has 0 unspecified atom stereocenters. The number of hydrogen-bond acceptors (Lipinski definition) is 4. The number of aliphatic imine (C=N–C) groups is 1. The number of nitrogens with one attached hydrogen (secondary N) is 1. The third-order valence-corrected chi connectivity index (χ3v) is 2.02. The molecule has 0 saturated heterocycles. The zero-order valence-corrected chi connectivity index (χ0v) is 9.93. The van der Waals surface area contributed by atoms with Gasteiger partial charge in [-0.3, -0.25) is 4.99 Å². The van der Waals surface area contributed by atoms with Crippen LogP contribution in [0, 0.1) is 11.3 Å². The summed E-state index contributed by atoms with van der Waals surface area (Å²) >= 11 is 0. The van der Waals surface area contributed by atoms with E-state index < -0.39 is 0 Å². The van der Waals surface area contributed by atoms with E-state index in [1.165, 1.54) is 0 Å². The normalized spacial score (nSPS) is 11.2. The second-order valence-corrected chi connectivity index (χ2v) is 3.43. The van der Waals surface area contributed by atoms with Gasteiger partial charge in [-0.1, -0.05) is 0 Å². The van der Waals surface area contributed by atoms with Crippen LogP contribution in [-0.2, 0) is 6.54 Å². The first-order valence-electron chi connectivity index (χ1n) is 5.60. The molecule has 92 valence electrons. The van der Waals surface area contributed by atoms with Gasteiger partial charge in [0.05, 0.1) is 18.8 Å². The summed E-state index contributed by atoms with van der Waals surface area (Å²) in [6.07, 6.45) is 3.92. The van der Waals surface area contributed by atoms with Crippen LogP contribution >= 0.6 is 0 Å². The number of hydrogen-bond donors (Lipinski definition) is 2. The SMILES string of the molecule is CCN=C(N)Nc1cnn(CCCCC#N)n1. The molecule has 0 spiro atoms. The zero-order valence-electron chi connectivity index (χ0n) is 9.93. The number of nitrogens with two attached hydrogens (primary N) is 1. The Morgan fingerprint density at radius 2 is 2.47 bits per heavy atom. The van der Waals surface area contributed by atoms with Crippen molar-refractivity contribution in [3.8, 4) is 6.07 Å². The van der Waals surface area contributed by atoms with Gasteiger partial charge < -0.3 is 11.1 Å². The maximum absolute atomic E-state index is 8.39. The summed E-state index contributed by atoms with van der Waals surface area (Å²) in [5, 5.41) is 19.5. The Hall–Kier alpha value is -2.10. The molecule has 0 fully saturated rings. The molecule has 0 saturated carbocycles. The van der Waals surface area contributed by atoms with E-state index in [9.17, 15) is 0 Å². The number of nitriles is 1. The van der Waals surface area contributed by atoms with Crippen LogP contribution in [0.3, 0.4) is 0 Å². The fraction of sp³-hybridized carbons (Fsp3) is 0.600. The number of anilines is 1. The van der Waals surface area contributed by atoms with E-state index in [2.05, 4.69) is 26.6 Å². The van der Waals surface area contributed by atoms with Crippen molar-refractivity contribution < 1.29 is 0 Å². The van der Waals surface area contributed by atoms with Crippen molar-refractivity contribution in [2.45, 2.75) is 32.7 Å². The van der Waals surface area contributed by atoms with E-state index in [0.717, 1.165) is 12.8 Å². The van der Waals surface area contributed by atoms with E-state index in [1.807, 2.05) is 6.92 Å². The van der Waals surface area contributed by atoms with E-state index in [4.69, 9.17) is 11.0 Å².